The normalized spacial score (nSPS) is 12.4. The monoisotopic (exact) mass is 478 g/mol. The molecule has 0 N–H and O–H groups in total. The Morgan fingerprint density at radius 1 is 1.03 bits per heavy atom. The zero-order valence-corrected chi connectivity index (χ0v) is 19.3. The highest BCUT2D eigenvalue weighted by Crippen LogP contribution is 2.47. The van der Waals surface area contributed by atoms with E-state index in [1.54, 1.807) is 38.1 Å². The summed E-state index contributed by atoms with van der Waals surface area (Å²) in [5.74, 6) is -0.00489. The summed E-state index contributed by atoms with van der Waals surface area (Å²) in [5.41, 5.74) is 0.922. The van der Waals surface area contributed by atoms with Gasteiger partial charge in [-0.05, 0) is 57.2 Å². The second-order valence-corrected chi connectivity index (χ2v) is 8.71. The number of benzene rings is 2. The van der Waals surface area contributed by atoms with Gasteiger partial charge in [0.05, 0.1) is 30.4 Å². The minimum atomic E-state index is -3.50. The van der Waals surface area contributed by atoms with Crippen molar-refractivity contribution in [1.82, 2.24) is 9.97 Å². The molecule has 0 aliphatic rings. The molecule has 33 heavy (non-hydrogen) atoms. The molecule has 0 aliphatic heterocycles. The smallest absolute Gasteiger partial charge is 0.367 e. The van der Waals surface area contributed by atoms with Crippen LogP contribution in [0.25, 0.3) is 11.0 Å². The van der Waals surface area contributed by atoms with Crippen molar-refractivity contribution in [2.75, 3.05) is 19.6 Å². The molecule has 0 fully saturated rings. The fourth-order valence-corrected chi connectivity index (χ4v) is 4.04. The summed E-state index contributed by atoms with van der Waals surface area (Å²) in [6, 6.07) is 10.6. The van der Waals surface area contributed by atoms with Gasteiger partial charge in [0.25, 0.3) is 0 Å². The fraction of sp³-hybridized carbons (Fsp3) is 0.318. The van der Waals surface area contributed by atoms with Gasteiger partial charge in [-0.25, -0.2) is 19.2 Å². The third-order valence-corrected chi connectivity index (χ3v) is 5.94. The molecule has 1 aromatic heterocycles. The molecular formula is C22H24FN2O7P. The second-order valence-electron chi connectivity index (χ2n) is 6.71. The number of aromatic nitrogens is 2. The first-order valence-corrected chi connectivity index (χ1v) is 12.0. The summed E-state index contributed by atoms with van der Waals surface area (Å²) in [6.45, 7) is 5.17. The van der Waals surface area contributed by atoms with E-state index in [0.29, 0.717) is 22.5 Å². The standard InChI is InChI=1S/C22H24FN2O7P/c1-4-29-33(27,30-5-2)14-28-22(26)15(3)31-17-7-9-18(10-8-17)32-21-13-24-20-12-16(23)6-11-19(20)25-21/h6-13,15H,4-5,14H2,1-3H3/t15-/m1/s1. The SMILES string of the molecule is CCOP(=O)(COC(=O)[C@@H](C)Oc1ccc(Oc2cnc3cc(F)ccc3n2)cc1)OCC. The van der Waals surface area contributed by atoms with E-state index < -0.39 is 31.8 Å². The van der Waals surface area contributed by atoms with Gasteiger partial charge in [-0.1, -0.05) is 0 Å². The van der Waals surface area contributed by atoms with Crippen molar-refractivity contribution in [3.63, 3.8) is 0 Å². The Morgan fingerprint density at radius 2 is 1.70 bits per heavy atom. The van der Waals surface area contributed by atoms with E-state index in [2.05, 4.69) is 9.97 Å². The molecule has 9 nitrogen and oxygen atoms in total. The van der Waals surface area contributed by atoms with Gasteiger partial charge in [-0.15, -0.1) is 0 Å². The molecular weight excluding hydrogens is 454 g/mol. The Morgan fingerprint density at radius 3 is 2.36 bits per heavy atom. The van der Waals surface area contributed by atoms with Crippen molar-refractivity contribution in [3.8, 4) is 17.4 Å². The molecule has 0 spiro atoms. The van der Waals surface area contributed by atoms with Crippen LogP contribution < -0.4 is 9.47 Å². The third kappa shape index (κ3) is 6.95. The highest BCUT2D eigenvalue weighted by molar-refractivity contribution is 7.53. The van der Waals surface area contributed by atoms with E-state index >= 15 is 0 Å². The Balaban J connectivity index is 1.55. The zero-order chi connectivity index (χ0) is 23.8. The number of halogens is 1. The molecule has 176 valence electrons. The van der Waals surface area contributed by atoms with E-state index in [1.807, 2.05) is 0 Å². The second kappa shape index (κ2) is 11.2. The maximum Gasteiger partial charge on any atom is 0.367 e. The molecule has 0 radical (unpaired) electrons. The number of fused-ring (bicyclic) bond motifs is 1. The van der Waals surface area contributed by atoms with Crippen LogP contribution in [-0.2, 0) is 23.1 Å². The van der Waals surface area contributed by atoms with Gasteiger partial charge < -0.3 is 23.3 Å². The Bertz CT molecular complexity index is 1130. The predicted octanol–water partition coefficient (Wildman–Crippen LogP) is 5.10. The van der Waals surface area contributed by atoms with Crippen LogP contribution in [0.3, 0.4) is 0 Å². The van der Waals surface area contributed by atoms with Crippen molar-refractivity contribution < 1.29 is 37.0 Å². The van der Waals surface area contributed by atoms with Crippen molar-refractivity contribution in [1.29, 1.82) is 0 Å². The molecule has 3 aromatic rings. The number of nitrogens with zero attached hydrogens (tertiary/aromatic N) is 2. The summed E-state index contributed by atoms with van der Waals surface area (Å²) in [5, 5.41) is 0. The van der Waals surface area contributed by atoms with E-state index in [9.17, 15) is 13.8 Å². The highest BCUT2D eigenvalue weighted by atomic mass is 31.2. The van der Waals surface area contributed by atoms with Crippen LogP contribution in [0, 0.1) is 5.82 Å². The molecule has 3 rings (SSSR count). The fourth-order valence-electron chi connectivity index (χ4n) is 2.74. The van der Waals surface area contributed by atoms with Gasteiger partial charge in [0.2, 0.25) is 5.88 Å². The first-order valence-electron chi connectivity index (χ1n) is 10.2. The zero-order valence-electron chi connectivity index (χ0n) is 18.4. The average molecular weight is 478 g/mol. The number of ether oxygens (including phenoxy) is 3. The lowest BCUT2D eigenvalue weighted by molar-refractivity contribution is -0.149. The molecule has 0 unspecified atom stereocenters. The molecule has 2 aromatic carbocycles. The van der Waals surface area contributed by atoms with Crippen molar-refractivity contribution >= 4 is 24.6 Å². The van der Waals surface area contributed by atoms with E-state index in [-0.39, 0.29) is 19.1 Å². The number of carbonyl (C=O) groups is 1. The van der Waals surface area contributed by atoms with Gasteiger partial charge >= 0.3 is 13.6 Å². The number of hydrogen-bond acceptors (Lipinski definition) is 9. The minimum Gasteiger partial charge on any atom is -0.479 e. The first kappa shape index (κ1) is 24.6. The van der Waals surface area contributed by atoms with Crippen LogP contribution >= 0.6 is 7.60 Å². The molecule has 1 heterocycles. The summed E-state index contributed by atoms with van der Waals surface area (Å²) >= 11 is 0. The largest absolute Gasteiger partial charge is 0.479 e. The van der Waals surface area contributed by atoms with Crippen molar-refractivity contribution in [2.24, 2.45) is 0 Å². The van der Waals surface area contributed by atoms with Crippen molar-refractivity contribution in [3.05, 3.63) is 54.5 Å². The van der Waals surface area contributed by atoms with Gasteiger partial charge in [0.15, 0.2) is 12.5 Å². The Hall–Kier alpha value is -3.07. The maximum absolute atomic E-state index is 13.3. The van der Waals surface area contributed by atoms with Crippen molar-refractivity contribution in [2.45, 2.75) is 26.9 Å². The number of rotatable bonds is 11. The molecule has 0 saturated carbocycles. The molecule has 11 heteroatoms. The minimum absolute atomic E-state index is 0.165. The Kier molecular flexibility index (Phi) is 8.32. The van der Waals surface area contributed by atoms with Crippen LogP contribution in [0.2, 0.25) is 0 Å². The lowest BCUT2D eigenvalue weighted by atomic mass is 10.3. The topological polar surface area (TPSA) is 106 Å². The number of hydrogen-bond donors (Lipinski definition) is 0. The van der Waals surface area contributed by atoms with E-state index in [0.717, 1.165) is 0 Å². The van der Waals surface area contributed by atoms with Gasteiger partial charge in [0, 0.05) is 6.07 Å². The van der Waals surface area contributed by atoms with Gasteiger partial charge in [-0.3, -0.25) is 4.57 Å². The molecule has 0 saturated heterocycles. The predicted molar refractivity (Wildman–Crippen MR) is 118 cm³/mol. The molecule has 1 atom stereocenters. The lowest BCUT2D eigenvalue weighted by Gasteiger charge is -2.18. The first-order chi connectivity index (χ1) is 15.8. The van der Waals surface area contributed by atoms with E-state index in [1.165, 1.54) is 31.3 Å². The summed E-state index contributed by atoms with van der Waals surface area (Å²) in [4.78, 5) is 20.6. The van der Waals surface area contributed by atoms with Gasteiger partial charge in [-0.2, -0.15) is 0 Å². The number of esters is 1. The highest BCUT2D eigenvalue weighted by Gasteiger charge is 2.28. The molecule has 0 bridgehead atoms. The number of carbonyl (C=O) groups excluding carboxylic acids is 1. The summed E-state index contributed by atoms with van der Waals surface area (Å²) in [7, 11) is -3.50. The van der Waals surface area contributed by atoms with Crippen LogP contribution in [0.5, 0.6) is 17.4 Å². The summed E-state index contributed by atoms with van der Waals surface area (Å²) in [6.07, 6.45) is -0.0545. The third-order valence-electron chi connectivity index (χ3n) is 4.19. The van der Waals surface area contributed by atoms with E-state index in [4.69, 9.17) is 23.3 Å². The molecule has 0 aliphatic carbocycles. The van der Waals surface area contributed by atoms with Gasteiger partial charge in [0.1, 0.15) is 17.3 Å². The van der Waals surface area contributed by atoms with Crippen LogP contribution in [0.1, 0.15) is 20.8 Å². The molecule has 0 amide bonds. The Labute approximate surface area is 190 Å². The lowest BCUT2D eigenvalue weighted by Crippen LogP contribution is -2.26. The quantitative estimate of drug-likeness (QED) is 0.275. The maximum atomic E-state index is 13.3. The van der Waals surface area contributed by atoms with Crippen LogP contribution in [0.4, 0.5) is 4.39 Å². The summed E-state index contributed by atoms with van der Waals surface area (Å²) < 4.78 is 52.1. The average Bonchev–Trinajstić information content (AvgIpc) is 2.79. The van der Waals surface area contributed by atoms with Crippen LogP contribution in [-0.4, -0.2) is 41.6 Å². The van der Waals surface area contributed by atoms with Crippen LogP contribution in [0.15, 0.2) is 48.7 Å².